The van der Waals surface area contributed by atoms with Crippen LogP contribution in [0.5, 0.6) is 0 Å². The average molecular weight is 307 g/mol. The van der Waals surface area contributed by atoms with Gasteiger partial charge in [-0.3, -0.25) is 4.79 Å². The summed E-state index contributed by atoms with van der Waals surface area (Å²) in [6.45, 7) is 3.45. The second-order valence-electron chi connectivity index (χ2n) is 5.90. The molecule has 1 atom stereocenters. The minimum atomic E-state index is 0.0735. The average Bonchev–Trinajstić information content (AvgIpc) is 2.61. The SMILES string of the molecule is Cc1nccc(C2CCCN(C(=O)C=Cc3ccccc3)C2)n1. The number of carbonyl (C=O) groups is 1. The van der Waals surface area contributed by atoms with Gasteiger partial charge in [0.2, 0.25) is 5.91 Å². The fraction of sp³-hybridized carbons (Fsp3) is 0.316. The Kier molecular flexibility index (Phi) is 4.81. The molecule has 3 rings (SSSR count). The van der Waals surface area contributed by atoms with E-state index in [1.165, 1.54) is 0 Å². The van der Waals surface area contributed by atoms with Gasteiger partial charge in [-0.15, -0.1) is 0 Å². The standard InChI is InChI=1S/C19H21N3O/c1-15-20-12-11-18(21-15)17-8-5-13-22(14-17)19(23)10-9-16-6-3-2-4-7-16/h2-4,6-7,9-12,17H,5,8,13-14H2,1H3. The molecular weight excluding hydrogens is 286 g/mol. The maximum Gasteiger partial charge on any atom is 0.246 e. The monoisotopic (exact) mass is 307 g/mol. The fourth-order valence-electron chi connectivity index (χ4n) is 2.96. The zero-order valence-corrected chi connectivity index (χ0v) is 13.4. The van der Waals surface area contributed by atoms with Gasteiger partial charge in [0.1, 0.15) is 5.82 Å². The second-order valence-corrected chi connectivity index (χ2v) is 5.90. The van der Waals surface area contributed by atoms with Gasteiger partial charge in [-0.25, -0.2) is 9.97 Å². The van der Waals surface area contributed by atoms with Gasteiger partial charge >= 0.3 is 0 Å². The predicted molar refractivity (Wildman–Crippen MR) is 90.8 cm³/mol. The summed E-state index contributed by atoms with van der Waals surface area (Å²) in [7, 11) is 0. The highest BCUT2D eigenvalue weighted by Gasteiger charge is 2.24. The molecular formula is C19H21N3O. The largest absolute Gasteiger partial charge is 0.338 e. The lowest BCUT2D eigenvalue weighted by Gasteiger charge is -2.31. The molecule has 4 nitrogen and oxygen atoms in total. The Morgan fingerprint density at radius 1 is 1.26 bits per heavy atom. The molecule has 0 saturated carbocycles. The molecule has 0 radical (unpaired) electrons. The molecule has 4 heteroatoms. The highest BCUT2D eigenvalue weighted by atomic mass is 16.2. The summed E-state index contributed by atoms with van der Waals surface area (Å²) in [5, 5.41) is 0. The molecule has 1 aliphatic rings. The smallest absolute Gasteiger partial charge is 0.246 e. The molecule has 1 unspecified atom stereocenters. The Morgan fingerprint density at radius 2 is 2.09 bits per heavy atom. The summed E-state index contributed by atoms with van der Waals surface area (Å²) in [5.74, 6) is 1.17. The van der Waals surface area contributed by atoms with Crippen LogP contribution in [0.4, 0.5) is 0 Å². The lowest BCUT2D eigenvalue weighted by atomic mass is 9.94. The summed E-state index contributed by atoms with van der Waals surface area (Å²) >= 11 is 0. The van der Waals surface area contributed by atoms with Crippen LogP contribution >= 0.6 is 0 Å². The van der Waals surface area contributed by atoms with E-state index in [4.69, 9.17) is 0 Å². The van der Waals surface area contributed by atoms with E-state index in [1.807, 2.05) is 54.3 Å². The Morgan fingerprint density at radius 3 is 2.87 bits per heavy atom. The van der Waals surface area contributed by atoms with E-state index < -0.39 is 0 Å². The quantitative estimate of drug-likeness (QED) is 0.818. The molecule has 1 amide bonds. The van der Waals surface area contributed by atoms with Crippen molar-refractivity contribution in [3.05, 3.63) is 65.8 Å². The van der Waals surface area contributed by atoms with Crippen LogP contribution in [-0.4, -0.2) is 33.9 Å². The van der Waals surface area contributed by atoms with Crippen molar-refractivity contribution in [2.75, 3.05) is 13.1 Å². The summed E-state index contributed by atoms with van der Waals surface area (Å²) in [6.07, 6.45) is 7.43. The molecule has 1 aromatic carbocycles. The van der Waals surface area contributed by atoms with E-state index in [-0.39, 0.29) is 5.91 Å². The molecule has 2 heterocycles. The molecule has 1 aromatic heterocycles. The number of likely N-dealkylation sites (tertiary alicyclic amines) is 1. The third-order valence-corrected chi connectivity index (χ3v) is 4.17. The van der Waals surface area contributed by atoms with E-state index in [0.29, 0.717) is 5.92 Å². The van der Waals surface area contributed by atoms with E-state index in [0.717, 1.165) is 43.0 Å². The Balaban J connectivity index is 1.66. The minimum Gasteiger partial charge on any atom is -0.338 e. The first-order valence-corrected chi connectivity index (χ1v) is 8.04. The van der Waals surface area contributed by atoms with Gasteiger partial charge < -0.3 is 4.90 Å². The number of hydrogen-bond donors (Lipinski definition) is 0. The third-order valence-electron chi connectivity index (χ3n) is 4.17. The first-order valence-electron chi connectivity index (χ1n) is 8.04. The molecule has 2 aromatic rings. The van der Waals surface area contributed by atoms with Crippen molar-refractivity contribution in [3.8, 4) is 0 Å². The molecule has 23 heavy (non-hydrogen) atoms. The Bertz CT molecular complexity index is 697. The van der Waals surface area contributed by atoms with Crippen LogP contribution in [-0.2, 0) is 4.79 Å². The van der Waals surface area contributed by atoms with Crippen LogP contribution in [0.3, 0.4) is 0 Å². The lowest BCUT2D eigenvalue weighted by molar-refractivity contribution is -0.127. The number of hydrogen-bond acceptors (Lipinski definition) is 3. The number of rotatable bonds is 3. The maximum atomic E-state index is 12.4. The van der Waals surface area contributed by atoms with Gasteiger partial charge in [0, 0.05) is 37.0 Å². The first-order chi connectivity index (χ1) is 11.2. The number of aromatic nitrogens is 2. The van der Waals surface area contributed by atoms with E-state index in [1.54, 1.807) is 12.3 Å². The molecule has 1 fully saturated rings. The van der Waals surface area contributed by atoms with Gasteiger partial charge in [0.15, 0.2) is 0 Å². The number of piperidine rings is 1. The van der Waals surface area contributed by atoms with Crippen molar-refractivity contribution in [1.82, 2.24) is 14.9 Å². The number of carbonyl (C=O) groups excluding carboxylic acids is 1. The predicted octanol–water partition coefficient (Wildman–Crippen LogP) is 3.20. The topological polar surface area (TPSA) is 46.1 Å². The second kappa shape index (κ2) is 7.18. The van der Waals surface area contributed by atoms with Gasteiger partial charge in [-0.1, -0.05) is 30.3 Å². The Hall–Kier alpha value is -2.49. The van der Waals surface area contributed by atoms with Crippen LogP contribution < -0.4 is 0 Å². The summed E-state index contributed by atoms with van der Waals surface area (Å²) < 4.78 is 0. The van der Waals surface area contributed by atoms with Gasteiger partial charge in [-0.2, -0.15) is 0 Å². The molecule has 0 bridgehead atoms. The maximum absolute atomic E-state index is 12.4. The van der Waals surface area contributed by atoms with Crippen molar-refractivity contribution in [3.63, 3.8) is 0 Å². The Labute approximate surface area is 136 Å². The zero-order chi connectivity index (χ0) is 16.1. The third kappa shape index (κ3) is 4.03. The highest BCUT2D eigenvalue weighted by molar-refractivity contribution is 5.91. The molecule has 0 spiro atoms. The van der Waals surface area contributed by atoms with Crippen LogP contribution in [0, 0.1) is 6.92 Å². The fourth-order valence-corrected chi connectivity index (χ4v) is 2.96. The molecule has 1 aliphatic heterocycles. The van der Waals surface area contributed by atoms with E-state index >= 15 is 0 Å². The minimum absolute atomic E-state index is 0.0735. The lowest BCUT2D eigenvalue weighted by Crippen LogP contribution is -2.38. The van der Waals surface area contributed by atoms with Crippen molar-refractivity contribution < 1.29 is 4.79 Å². The van der Waals surface area contributed by atoms with Crippen LogP contribution in [0.25, 0.3) is 6.08 Å². The van der Waals surface area contributed by atoms with Crippen molar-refractivity contribution in [2.24, 2.45) is 0 Å². The number of benzene rings is 1. The zero-order valence-electron chi connectivity index (χ0n) is 13.4. The van der Waals surface area contributed by atoms with Crippen LogP contribution in [0.15, 0.2) is 48.7 Å². The van der Waals surface area contributed by atoms with E-state index in [2.05, 4.69) is 9.97 Å². The molecule has 118 valence electrons. The van der Waals surface area contributed by atoms with Gasteiger partial charge in [0.25, 0.3) is 0 Å². The molecule has 1 saturated heterocycles. The van der Waals surface area contributed by atoms with Gasteiger partial charge in [0.05, 0.1) is 0 Å². The molecule has 0 aliphatic carbocycles. The summed E-state index contributed by atoms with van der Waals surface area (Å²) in [5.41, 5.74) is 2.09. The van der Waals surface area contributed by atoms with Crippen molar-refractivity contribution >= 4 is 12.0 Å². The number of aryl methyl sites for hydroxylation is 1. The normalized spacial score (nSPS) is 18.3. The van der Waals surface area contributed by atoms with Crippen molar-refractivity contribution in [1.29, 1.82) is 0 Å². The number of amides is 1. The summed E-state index contributed by atoms with van der Waals surface area (Å²) in [4.78, 5) is 23.0. The van der Waals surface area contributed by atoms with Crippen LogP contribution in [0.2, 0.25) is 0 Å². The summed E-state index contributed by atoms with van der Waals surface area (Å²) in [6, 6.07) is 11.9. The highest BCUT2D eigenvalue weighted by Crippen LogP contribution is 2.25. The van der Waals surface area contributed by atoms with Crippen molar-refractivity contribution in [2.45, 2.75) is 25.7 Å². The van der Waals surface area contributed by atoms with Crippen LogP contribution in [0.1, 0.15) is 35.8 Å². The molecule has 0 N–H and O–H groups in total. The first kappa shape index (κ1) is 15.4. The van der Waals surface area contributed by atoms with Gasteiger partial charge in [-0.05, 0) is 37.5 Å². The number of nitrogens with zero attached hydrogens (tertiary/aromatic N) is 3. The van der Waals surface area contributed by atoms with E-state index in [9.17, 15) is 4.79 Å².